The summed E-state index contributed by atoms with van der Waals surface area (Å²) in [5.41, 5.74) is 1.92. The largest absolute Gasteiger partial charge is 0.481 e. The van der Waals surface area contributed by atoms with Crippen molar-refractivity contribution in [3.63, 3.8) is 0 Å². The van der Waals surface area contributed by atoms with Gasteiger partial charge in [0.05, 0.1) is 5.92 Å². The van der Waals surface area contributed by atoms with E-state index in [1.54, 1.807) is 0 Å². The maximum atomic E-state index is 11.4. The lowest BCUT2D eigenvalue weighted by molar-refractivity contribution is -0.141. The summed E-state index contributed by atoms with van der Waals surface area (Å²) < 4.78 is 0. The fourth-order valence-electron chi connectivity index (χ4n) is 2.19. The quantitative estimate of drug-likeness (QED) is 0.851. The molecule has 18 heavy (non-hydrogen) atoms. The Hall–Kier alpha value is -1.31. The molecule has 100 valence electrons. The van der Waals surface area contributed by atoms with Crippen molar-refractivity contribution in [1.82, 2.24) is 0 Å². The summed E-state index contributed by atoms with van der Waals surface area (Å²) in [4.78, 5) is 11.4. The molecule has 2 nitrogen and oxygen atoms in total. The molecule has 0 aliphatic carbocycles. The third kappa shape index (κ3) is 3.34. The number of carboxylic acids is 1. The van der Waals surface area contributed by atoms with Crippen LogP contribution < -0.4 is 0 Å². The lowest BCUT2D eigenvalue weighted by Crippen LogP contribution is -2.26. The highest BCUT2D eigenvalue weighted by Crippen LogP contribution is 2.36. The van der Waals surface area contributed by atoms with Crippen molar-refractivity contribution in [2.45, 2.75) is 52.9 Å². The highest BCUT2D eigenvalue weighted by atomic mass is 16.4. The molecule has 0 aromatic heterocycles. The van der Waals surface area contributed by atoms with Gasteiger partial charge in [-0.2, -0.15) is 0 Å². The van der Waals surface area contributed by atoms with E-state index in [4.69, 9.17) is 0 Å². The van der Waals surface area contributed by atoms with Gasteiger partial charge in [0.1, 0.15) is 0 Å². The number of aliphatic carboxylic acids is 1. The zero-order valence-corrected chi connectivity index (χ0v) is 12.2. The summed E-state index contributed by atoms with van der Waals surface area (Å²) >= 11 is 0. The number of carbonyl (C=O) groups is 1. The van der Waals surface area contributed by atoms with Gasteiger partial charge in [0.15, 0.2) is 0 Å². The van der Waals surface area contributed by atoms with E-state index in [2.05, 4.69) is 20.8 Å². The maximum Gasteiger partial charge on any atom is 0.311 e. The molecule has 0 radical (unpaired) electrons. The number of hydrogen-bond acceptors (Lipinski definition) is 1. The summed E-state index contributed by atoms with van der Waals surface area (Å²) in [7, 11) is 0. The van der Waals surface area contributed by atoms with Gasteiger partial charge in [0, 0.05) is 0 Å². The Morgan fingerprint density at radius 1 is 1.00 bits per heavy atom. The predicted octanol–water partition coefficient (Wildman–Crippen LogP) is 4.20. The first-order valence-electron chi connectivity index (χ1n) is 6.37. The number of rotatable bonds is 2. The number of carboxylic acid groups (broad SMARTS) is 1. The van der Waals surface area contributed by atoms with Gasteiger partial charge in [-0.25, -0.2) is 0 Å². The van der Waals surface area contributed by atoms with Crippen LogP contribution in [0.15, 0.2) is 24.3 Å². The molecule has 1 aromatic carbocycles. The van der Waals surface area contributed by atoms with Gasteiger partial charge in [-0.05, 0) is 22.0 Å². The van der Waals surface area contributed by atoms with E-state index in [1.165, 1.54) is 5.56 Å². The zero-order valence-electron chi connectivity index (χ0n) is 12.2. The fourth-order valence-corrected chi connectivity index (χ4v) is 2.19. The standard InChI is InChI=1S/C16H24O2/c1-15(2,3)12-9-7-11(8-10-12)13(14(17)18)16(4,5)6/h7-10,13H,1-6H3,(H,17,18). The van der Waals surface area contributed by atoms with Gasteiger partial charge < -0.3 is 5.11 Å². The Kier molecular flexibility index (Phi) is 3.89. The number of benzene rings is 1. The lowest BCUT2D eigenvalue weighted by Gasteiger charge is -2.28. The first kappa shape index (κ1) is 14.7. The molecule has 0 saturated carbocycles. The predicted molar refractivity (Wildman–Crippen MR) is 75.0 cm³/mol. The van der Waals surface area contributed by atoms with Crippen molar-refractivity contribution in [2.75, 3.05) is 0 Å². The van der Waals surface area contributed by atoms with E-state index in [1.807, 2.05) is 45.0 Å². The SMILES string of the molecule is CC(C)(C)c1ccc(C(C(=O)O)C(C)(C)C)cc1. The average molecular weight is 248 g/mol. The molecule has 0 spiro atoms. The third-order valence-electron chi connectivity index (χ3n) is 3.22. The van der Waals surface area contributed by atoms with Gasteiger partial charge in [0.2, 0.25) is 0 Å². The van der Waals surface area contributed by atoms with Crippen LogP contribution >= 0.6 is 0 Å². The van der Waals surface area contributed by atoms with Crippen LogP contribution in [0.25, 0.3) is 0 Å². The summed E-state index contributed by atoms with van der Waals surface area (Å²) in [5, 5.41) is 9.39. The smallest absolute Gasteiger partial charge is 0.311 e. The van der Waals surface area contributed by atoms with Crippen LogP contribution in [0.4, 0.5) is 0 Å². The second-order valence-electron chi connectivity index (χ2n) is 7.01. The molecule has 0 aliphatic heterocycles. The van der Waals surface area contributed by atoms with E-state index >= 15 is 0 Å². The molecular formula is C16H24O2. The van der Waals surface area contributed by atoms with Gasteiger partial charge in [0.25, 0.3) is 0 Å². The van der Waals surface area contributed by atoms with Gasteiger partial charge in [-0.1, -0.05) is 65.8 Å². The van der Waals surface area contributed by atoms with Crippen LogP contribution in [-0.4, -0.2) is 11.1 Å². The molecule has 1 N–H and O–H groups in total. The van der Waals surface area contributed by atoms with Crippen LogP contribution in [0, 0.1) is 5.41 Å². The average Bonchev–Trinajstić information content (AvgIpc) is 2.13. The van der Waals surface area contributed by atoms with Crippen molar-refractivity contribution in [3.8, 4) is 0 Å². The number of hydrogen-bond donors (Lipinski definition) is 1. The normalized spacial score (nSPS) is 14.3. The molecule has 1 atom stereocenters. The minimum atomic E-state index is -0.758. The fraction of sp³-hybridized carbons (Fsp3) is 0.562. The summed E-state index contributed by atoms with van der Waals surface area (Å²) in [6.45, 7) is 12.3. The molecule has 2 heteroatoms. The third-order valence-corrected chi connectivity index (χ3v) is 3.22. The van der Waals surface area contributed by atoms with Gasteiger partial charge in [-0.3, -0.25) is 4.79 Å². The van der Waals surface area contributed by atoms with E-state index in [-0.39, 0.29) is 10.8 Å². The molecule has 1 aromatic rings. The van der Waals surface area contributed by atoms with Crippen molar-refractivity contribution < 1.29 is 9.90 Å². The zero-order chi connectivity index (χ0) is 14.1. The first-order valence-corrected chi connectivity index (χ1v) is 6.37. The maximum absolute atomic E-state index is 11.4. The molecule has 0 amide bonds. The van der Waals surface area contributed by atoms with Crippen molar-refractivity contribution in [3.05, 3.63) is 35.4 Å². The monoisotopic (exact) mass is 248 g/mol. The van der Waals surface area contributed by atoms with E-state index in [0.717, 1.165) is 5.56 Å². The minimum absolute atomic E-state index is 0.0962. The van der Waals surface area contributed by atoms with Crippen molar-refractivity contribution in [1.29, 1.82) is 0 Å². The second-order valence-corrected chi connectivity index (χ2v) is 7.01. The molecule has 0 heterocycles. The topological polar surface area (TPSA) is 37.3 Å². The summed E-state index contributed by atoms with van der Waals surface area (Å²) in [6, 6.07) is 7.98. The lowest BCUT2D eigenvalue weighted by atomic mass is 9.75. The Bertz CT molecular complexity index is 416. The van der Waals surface area contributed by atoms with Crippen molar-refractivity contribution in [2.24, 2.45) is 5.41 Å². The Morgan fingerprint density at radius 3 is 1.72 bits per heavy atom. The highest BCUT2D eigenvalue weighted by molar-refractivity contribution is 5.77. The van der Waals surface area contributed by atoms with Crippen LogP contribution in [0.1, 0.15) is 58.6 Å². The molecule has 0 aliphatic rings. The van der Waals surface area contributed by atoms with Crippen LogP contribution in [0.3, 0.4) is 0 Å². The van der Waals surface area contributed by atoms with Crippen LogP contribution in [0.2, 0.25) is 0 Å². The van der Waals surface area contributed by atoms with Crippen LogP contribution in [-0.2, 0) is 10.2 Å². The van der Waals surface area contributed by atoms with E-state index < -0.39 is 11.9 Å². The molecule has 0 saturated heterocycles. The van der Waals surface area contributed by atoms with Gasteiger partial charge in [-0.15, -0.1) is 0 Å². The highest BCUT2D eigenvalue weighted by Gasteiger charge is 2.32. The van der Waals surface area contributed by atoms with Gasteiger partial charge >= 0.3 is 5.97 Å². The van der Waals surface area contributed by atoms with E-state index in [0.29, 0.717) is 0 Å². The molecule has 0 bridgehead atoms. The molecular weight excluding hydrogens is 224 g/mol. The Balaban J connectivity index is 3.14. The van der Waals surface area contributed by atoms with Crippen molar-refractivity contribution >= 4 is 5.97 Å². The first-order chi connectivity index (χ1) is 8.03. The molecule has 0 fully saturated rings. The van der Waals surface area contributed by atoms with E-state index in [9.17, 15) is 9.90 Å². The summed E-state index contributed by atoms with van der Waals surface area (Å²) in [6.07, 6.45) is 0. The minimum Gasteiger partial charge on any atom is -0.481 e. The summed E-state index contributed by atoms with van der Waals surface area (Å²) in [5.74, 6) is -1.22. The Morgan fingerprint density at radius 2 is 1.44 bits per heavy atom. The Labute approximate surface area is 110 Å². The molecule has 1 unspecified atom stereocenters. The van der Waals surface area contributed by atoms with Crippen LogP contribution in [0.5, 0.6) is 0 Å². The second kappa shape index (κ2) is 4.75. The molecule has 1 rings (SSSR count).